The summed E-state index contributed by atoms with van der Waals surface area (Å²) >= 11 is 0. The van der Waals surface area contributed by atoms with Crippen molar-refractivity contribution in [2.75, 3.05) is 0 Å². The molecule has 0 saturated heterocycles. The van der Waals surface area contributed by atoms with Crippen molar-refractivity contribution in [1.82, 2.24) is 10.6 Å². The Bertz CT molecular complexity index is 670. The van der Waals surface area contributed by atoms with Crippen LogP contribution in [0.5, 0.6) is 0 Å². The van der Waals surface area contributed by atoms with E-state index in [9.17, 15) is 0 Å². The molecule has 0 aromatic rings. The largest absolute Gasteiger partial charge is 0.367 e. The summed E-state index contributed by atoms with van der Waals surface area (Å²) in [6.45, 7) is 18.5. The summed E-state index contributed by atoms with van der Waals surface area (Å²) in [6, 6.07) is 0.325. The third-order valence-electron chi connectivity index (χ3n) is 4.67. The van der Waals surface area contributed by atoms with Gasteiger partial charge in [0.1, 0.15) is 5.82 Å². The number of hydrogen-bond donors (Lipinski definition) is 3. The fourth-order valence-electron chi connectivity index (χ4n) is 3.17. The van der Waals surface area contributed by atoms with E-state index in [1.54, 1.807) is 0 Å². The average molecular weight is 355 g/mol. The van der Waals surface area contributed by atoms with Gasteiger partial charge in [0.2, 0.25) is 0 Å². The van der Waals surface area contributed by atoms with Crippen molar-refractivity contribution in [2.24, 2.45) is 4.99 Å². The minimum absolute atomic E-state index is 0.325. The van der Waals surface area contributed by atoms with Crippen molar-refractivity contribution in [3.05, 3.63) is 58.2 Å². The number of dihydropyridines is 1. The zero-order chi connectivity index (χ0) is 19.7. The fourth-order valence-corrected chi connectivity index (χ4v) is 3.17. The standard InChI is InChI=1S/C22H34N4/c1-8-11-18(13-20-15(4)12-16(5)25-17(20)6)21(14-23)22(24-7)26-19(9-2)10-3/h11-12,14,19,23,25-26H,6-10,13H2,1-5H3/b18-11-,22-21+,23-14?. The van der Waals surface area contributed by atoms with Gasteiger partial charge in [0, 0.05) is 35.6 Å². The molecule has 1 heterocycles. The number of rotatable bonds is 10. The predicted octanol–water partition coefficient (Wildman–Crippen LogP) is 5.39. The molecule has 0 aromatic heterocycles. The summed E-state index contributed by atoms with van der Waals surface area (Å²) in [5.74, 6) is 0.688. The predicted molar refractivity (Wildman–Crippen MR) is 115 cm³/mol. The molecular weight excluding hydrogens is 320 g/mol. The molecule has 26 heavy (non-hydrogen) atoms. The minimum atomic E-state index is 0.325. The number of aliphatic imine (C=N–C) groups is 1. The van der Waals surface area contributed by atoms with Crippen molar-refractivity contribution in [1.29, 1.82) is 5.41 Å². The number of nitrogens with one attached hydrogen (secondary N) is 3. The highest BCUT2D eigenvalue weighted by molar-refractivity contribution is 5.84. The molecule has 0 amide bonds. The van der Waals surface area contributed by atoms with Gasteiger partial charge >= 0.3 is 0 Å². The molecule has 0 spiro atoms. The highest BCUT2D eigenvalue weighted by Crippen LogP contribution is 2.29. The van der Waals surface area contributed by atoms with Gasteiger partial charge in [-0.25, -0.2) is 4.99 Å². The summed E-state index contributed by atoms with van der Waals surface area (Å²) in [7, 11) is 0. The molecule has 0 saturated carbocycles. The highest BCUT2D eigenvalue weighted by Gasteiger charge is 2.18. The van der Waals surface area contributed by atoms with E-state index in [1.807, 2.05) is 6.92 Å². The van der Waals surface area contributed by atoms with Gasteiger partial charge in [-0.05, 0) is 62.6 Å². The second-order valence-electron chi connectivity index (χ2n) is 6.63. The minimum Gasteiger partial charge on any atom is -0.367 e. The van der Waals surface area contributed by atoms with Crippen LogP contribution in [0.3, 0.4) is 0 Å². The Balaban J connectivity index is 3.32. The smallest absolute Gasteiger partial charge is 0.134 e. The number of nitrogens with zero attached hydrogens (tertiary/aromatic N) is 1. The van der Waals surface area contributed by atoms with Crippen LogP contribution < -0.4 is 10.6 Å². The van der Waals surface area contributed by atoms with Gasteiger partial charge < -0.3 is 16.0 Å². The first-order valence-corrected chi connectivity index (χ1v) is 9.43. The highest BCUT2D eigenvalue weighted by atomic mass is 15.0. The third-order valence-corrected chi connectivity index (χ3v) is 4.67. The van der Waals surface area contributed by atoms with Crippen LogP contribution in [0.2, 0.25) is 0 Å². The molecule has 1 aliphatic heterocycles. The van der Waals surface area contributed by atoms with Crippen molar-refractivity contribution in [3.63, 3.8) is 0 Å². The van der Waals surface area contributed by atoms with Crippen LogP contribution in [0.4, 0.5) is 0 Å². The molecule has 0 aliphatic carbocycles. The summed E-state index contributed by atoms with van der Waals surface area (Å²) in [5, 5.41) is 14.8. The van der Waals surface area contributed by atoms with Gasteiger partial charge in [0.25, 0.3) is 0 Å². The normalized spacial score (nSPS) is 16.2. The van der Waals surface area contributed by atoms with E-state index in [-0.39, 0.29) is 0 Å². The van der Waals surface area contributed by atoms with Crippen LogP contribution in [0, 0.1) is 5.41 Å². The Morgan fingerprint density at radius 1 is 1.31 bits per heavy atom. The van der Waals surface area contributed by atoms with Crippen LogP contribution in [0.1, 0.15) is 60.3 Å². The molecule has 0 fully saturated rings. The maximum absolute atomic E-state index is 7.99. The lowest BCUT2D eigenvalue weighted by atomic mass is 9.91. The molecule has 4 heteroatoms. The second-order valence-corrected chi connectivity index (χ2v) is 6.63. The van der Waals surface area contributed by atoms with Crippen LogP contribution in [-0.4, -0.2) is 19.0 Å². The lowest BCUT2D eigenvalue weighted by Crippen LogP contribution is -2.28. The monoisotopic (exact) mass is 354 g/mol. The molecule has 0 radical (unpaired) electrons. The van der Waals surface area contributed by atoms with Crippen LogP contribution in [0.15, 0.2) is 63.2 Å². The molecule has 1 rings (SSSR count). The first-order valence-electron chi connectivity index (χ1n) is 9.43. The van der Waals surface area contributed by atoms with Gasteiger partial charge in [0.15, 0.2) is 0 Å². The van der Waals surface area contributed by atoms with Crippen LogP contribution in [-0.2, 0) is 0 Å². The molecule has 0 bridgehead atoms. The average Bonchev–Trinajstić information content (AvgIpc) is 2.61. The van der Waals surface area contributed by atoms with Gasteiger partial charge in [-0.2, -0.15) is 0 Å². The Morgan fingerprint density at radius 3 is 2.42 bits per heavy atom. The van der Waals surface area contributed by atoms with Gasteiger partial charge in [-0.15, -0.1) is 0 Å². The van der Waals surface area contributed by atoms with E-state index in [1.165, 1.54) is 17.4 Å². The van der Waals surface area contributed by atoms with E-state index in [2.05, 4.69) is 68.8 Å². The van der Waals surface area contributed by atoms with Crippen molar-refractivity contribution < 1.29 is 0 Å². The number of allylic oxidation sites excluding steroid dienone is 7. The summed E-state index contributed by atoms with van der Waals surface area (Å²) in [4.78, 5) is 4.20. The molecule has 142 valence electrons. The van der Waals surface area contributed by atoms with Crippen molar-refractivity contribution >= 4 is 12.9 Å². The first kappa shape index (κ1) is 21.7. The van der Waals surface area contributed by atoms with Crippen molar-refractivity contribution in [2.45, 2.75) is 66.3 Å². The summed E-state index contributed by atoms with van der Waals surface area (Å²) in [5.41, 5.74) is 6.28. The molecule has 1 aliphatic rings. The maximum Gasteiger partial charge on any atom is 0.134 e. The molecule has 3 N–H and O–H groups in total. The third kappa shape index (κ3) is 5.58. The van der Waals surface area contributed by atoms with Crippen LogP contribution in [0.25, 0.3) is 0 Å². The number of hydrogen-bond acceptors (Lipinski definition) is 4. The van der Waals surface area contributed by atoms with E-state index >= 15 is 0 Å². The van der Waals surface area contributed by atoms with E-state index < -0.39 is 0 Å². The Labute approximate surface area is 159 Å². The van der Waals surface area contributed by atoms with E-state index in [0.717, 1.165) is 41.8 Å². The topological polar surface area (TPSA) is 60.3 Å². The molecule has 0 aromatic carbocycles. The SMILES string of the molecule is C=N/C(NC(CC)CC)=C(C=N)\C(=C/CC)CC1=C(C)C=C(C)NC1=C. The van der Waals surface area contributed by atoms with Crippen molar-refractivity contribution in [3.8, 4) is 0 Å². The van der Waals surface area contributed by atoms with Gasteiger partial charge in [-0.1, -0.05) is 33.4 Å². The molecule has 4 nitrogen and oxygen atoms in total. The van der Waals surface area contributed by atoms with Gasteiger partial charge in [-0.3, -0.25) is 0 Å². The summed E-state index contributed by atoms with van der Waals surface area (Å²) < 4.78 is 0. The quantitative estimate of drug-likeness (QED) is 0.364. The van der Waals surface area contributed by atoms with Gasteiger partial charge in [0.05, 0.1) is 0 Å². The zero-order valence-corrected chi connectivity index (χ0v) is 17.0. The zero-order valence-electron chi connectivity index (χ0n) is 17.0. The Kier molecular flexibility index (Phi) is 8.83. The fraction of sp³-hybridized carbons (Fsp3) is 0.455. The Morgan fingerprint density at radius 2 is 1.96 bits per heavy atom. The lowest BCUT2D eigenvalue weighted by molar-refractivity contribution is 0.530. The first-order chi connectivity index (χ1) is 12.4. The van der Waals surface area contributed by atoms with E-state index in [0.29, 0.717) is 18.3 Å². The summed E-state index contributed by atoms with van der Waals surface area (Å²) in [6.07, 6.45) is 9.30. The Hall–Kier alpha value is -2.36. The van der Waals surface area contributed by atoms with E-state index in [4.69, 9.17) is 5.41 Å². The molecule has 0 atom stereocenters. The second kappa shape index (κ2) is 10.6. The maximum atomic E-state index is 7.99. The molecular formula is C22H34N4. The molecule has 0 unspecified atom stereocenters. The lowest BCUT2D eigenvalue weighted by Gasteiger charge is -2.24. The van der Waals surface area contributed by atoms with Crippen LogP contribution >= 0.6 is 0 Å².